The van der Waals surface area contributed by atoms with Crippen molar-refractivity contribution in [3.05, 3.63) is 58.6 Å². The van der Waals surface area contributed by atoms with Gasteiger partial charge in [-0.3, -0.25) is 4.79 Å². The normalized spacial score (nSPS) is 12.8. The van der Waals surface area contributed by atoms with Crippen LogP contribution in [0.25, 0.3) is 17.2 Å². The van der Waals surface area contributed by atoms with Gasteiger partial charge in [-0.1, -0.05) is 18.2 Å². The van der Waals surface area contributed by atoms with Gasteiger partial charge < -0.3 is 9.32 Å². The fourth-order valence-corrected chi connectivity index (χ4v) is 2.96. The van der Waals surface area contributed by atoms with Crippen LogP contribution < -0.4 is 0 Å². The van der Waals surface area contributed by atoms with Gasteiger partial charge in [0.25, 0.3) is 0 Å². The molecule has 0 aliphatic heterocycles. The van der Waals surface area contributed by atoms with Crippen LogP contribution in [0.1, 0.15) is 23.7 Å². The highest BCUT2D eigenvalue weighted by Crippen LogP contribution is 2.23. The van der Waals surface area contributed by atoms with Crippen molar-refractivity contribution < 1.29 is 9.21 Å². The van der Waals surface area contributed by atoms with Crippen molar-refractivity contribution >= 4 is 34.4 Å². The summed E-state index contributed by atoms with van der Waals surface area (Å²) in [7, 11) is 1.79. The van der Waals surface area contributed by atoms with Crippen molar-refractivity contribution in [1.82, 2.24) is 9.88 Å². The molecule has 3 aromatic rings. The maximum Gasteiger partial charge on any atom is 0.247 e. The first-order valence-corrected chi connectivity index (χ1v) is 7.87. The van der Waals surface area contributed by atoms with E-state index in [4.69, 9.17) is 4.42 Å². The third-order valence-electron chi connectivity index (χ3n) is 3.56. The predicted octanol–water partition coefficient (Wildman–Crippen LogP) is 4.12. The van der Waals surface area contributed by atoms with E-state index in [0.717, 1.165) is 16.0 Å². The Morgan fingerprint density at radius 3 is 2.86 bits per heavy atom. The number of likely N-dealkylation sites (N-methyl/N-ethyl adjacent to an activating group) is 1. The molecule has 0 unspecified atom stereocenters. The molecule has 2 heterocycles. The van der Waals surface area contributed by atoms with E-state index in [1.807, 2.05) is 48.7 Å². The average molecular weight is 312 g/mol. The summed E-state index contributed by atoms with van der Waals surface area (Å²) >= 11 is 1.65. The zero-order valence-electron chi connectivity index (χ0n) is 12.4. The Kier molecular flexibility index (Phi) is 4.06. The van der Waals surface area contributed by atoms with Crippen molar-refractivity contribution in [3.8, 4) is 0 Å². The average Bonchev–Trinajstić information content (AvgIpc) is 3.19. The zero-order chi connectivity index (χ0) is 15.5. The van der Waals surface area contributed by atoms with Crippen LogP contribution in [-0.2, 0) is 4.79 Å². The molecule has 0 bridgehead atoms. The van der Waals surface area contributed by atoms with Crippen molar-refractivity contribution in [2.24, 2.45) is 0 Å². The molecule has 0 saturated carbocycles. The van der Waals surface area contributed by atoms with Crippen molar-refractivity contribution in [2.75, 3.05) is 7.05 Å². The fraction of sp³-hybridized carbons (Fsp3) is 0.176. The van der Waals surface area contributed by atoms with Gasteiger partial charge in [0.2, 0.25) is 11.8 Å². The lowest BCUT2D eigenvalue weighted by Gasteiger charge is -2.22. The lowest BCUT2D eigenvalue weighted by molar-refractivity contribution is -0.126. The van der Waals surface area contributed by atoms with E-state index in [2.05, 4.69) is 4.98 Å². The van der Waals surface area contributed by atoms with Gasteiger partial charge in [0.15, 0.2) is 5.58 Å². The molecule has 0 radical (unpaired) electrons. The lowest BCUT2D eigenvalue weighted by atomic mass is 10.2. The van der Waals surface area contributed by atoms with E-state index >= 15 is 0 Å². The largest absolute Gasteiger partial charge is 0.437 e. The van der Waals surface area contributed by atoms with Crippen LogP contribution in [0, 0.1) is 0 Å². The molecule has 0 aliphatic carbocycles. The summed E-state index contributed by atoms with van der Waals surface area (Å²) in [5.41, 5.74) is 1.50. The Labute approximate surface area is 132 Å². The van der Waals surface area contributed by atoms with E-state index < -0.39 is 0 Å². The van der Waals surface area contributed by atoms with E-state index in [1.54, 1.807) is 29.4 Å². The second kappa shape index (κ2) is 6.15. The molecule has 112 valence electrons. The SMILES string of the molecule is C[C@@H](c1cccs1)N(C)C(=O)/C=C/c1nc2ccccc2o1. The summed E-state index contributed by atoms with van der Waals surface area (Å²) in [6, 6.07) is 11.6. The molecule has 0 aliphatic rings. The molecular formula is C17H16N2O2S. The lowest BCUT2D eigenvalue weighted by Crippen LogP contribution is -2.27. The van der Waals surface area contributed by atoms with Crippen molar-refractivity contribution in [3.63, 3.8) is 0 Å². The Balaban J connectivity index is 1.72. The number of rotatable bonds is 4. The Morgan fingerprint density at radius 1 is 1.32 bits per heavy atom. The van der Waals surface area contributed by atoms with E-state index in [9.17, 15) is 4.79 Å². The van der Waals surface area contributed by atoms with Crippen LogP contribution in [0.5, 0.6) is 0 Å². The number of aromatic nitrogens is 1. The summed E-state index contributed by atoms with van der Waals surface area (Å²) in [5.74, 6) is 0.356. The molecule has 4 nitrogen and oxygen atoms in total. The molecule has 1 amide bonds. The molecule has 0 saturated heterocycles. The minimum absolute atomic E-state index is 0.0424. The van der Waals surface area contributed by atoms with Crippen LogP contribution >= 0.6 is 11.3 Å². The Morgan fingerprint density at radius 2 is 2.14 bits per heavy atom. The molecule has 0 fully saturated rings. The number of hydrogen-bond acceptors (Lipinski definition) is 4. The van der Waals surface area contributed by atoms with Gasteiger partial charge in [0.1, 0.15) is 5.52 Å². The van der Waals surface area contributed by atoms with Crippen LogP contribution in [-0.4, -0.2) is 22.8 Å². The summed E-state index contributed by atoms with van der Waals surface area (Å²) < 4.78 is 5.56. The summed E-state index contributed by atoms with van der Waals surface area (Å²) in [6.45, 7) is 2.01. The van der Waals surface area contributed by atoms with Gasteiger partial charge in [-0.15, -0.1) is 11.3 Å². The van der Waals surface area contributed by atoms with Crippen LogP contribution in [0.4, 0.5) is 0 Å². The quantitative estimate of drug-likeness (QED) is 0.681. The number of oxazole rings is 1. The highest BCUT2D eigenvalue weighted by molar-refractivity contribution is 7.10. The number of nitrogens with zero attached hydrogens (tertiary/aromatic N) is 2. The molecule has 22 heavy (non-hydrogen) atoms. The van der Waals surface area contributed by atoms with Gasteiger partial charge in [0.05, 0.1) is 6.04 Å². The number of benzene rings is 1. The second-order valence-corrected chi connectivity index (χ2v) is 5.97. The fourth-order valence-electron chi connectivity index (χ4n) is 2.13. The number of fused-ring (bicyclic) bond motifs is 1. The van der Waals surface area contributed by atoms with Gasteiger partial charge in [-0.25, -0.2) is 4.98 Å². The van der Waals surface area contributed by atoms with Crippen LogP contribution in [0.3, 0.4) is 0 Å². The number of hydrogen-bond donors (Lipinski definition) is 0. The van der Waals surface area contributed by atoms with E-state index in [-0.39, 0.29) is 11.9 Å². The van der Waals surface area contributed by atoms with E-state index in [0.29, 0.717) is 5.89 Å². The zero-order valence-corrected chi connectivity index (χ0v) is 13.2. The topological polar surface area (TPSA) is 46.3 Å². The summed E-state index contributed by atoms with van der Waals surface area (Å²) in [4.78, 5) is 19.4. The number of para-hydroxylation sites is 2. The third-order valence-corrected chi connectivity index (χ3v) is 4.61. The van der Waals surface area contributed by atoms with Gasteiger partial charge in [-0.2, -0.15) is 0 Å². The third kappa shape index (κ3) is 2.94. The molecule has 1 aromatic carbocycles. The standard InChI is InChI=1S/C17H16N2O2S/c1-12(15-8-5-11-22-15)19(2)17(20)10-9-16-18-13-6-3-4-7-14(13)21-16/h3-12H,1-2H3/b10-9+/t12-/m0/s1. The minimum Gasteiger partial charge on any atom is -0.437 e. The molecular weight excluding hydrogens is 296 g/mol. The highest BCUT2D eigenvalue weighted by atomic mass is 32.1. The minimum atomic E-state index is -0.0804. The Bertz CT molecular complexity index is 772. The molecule has 1 atom stereocenters. The number of carbonyl (C=O) groups is 1. The smallest absolute Gasteiger partial charge is 0.247 e. The van der Waals surface area contributed by atoms with Crippen LogP contribution in [0.15, 0.2) is 52.3 Å². The molecule has 3 rings (SSSR count). The highest BCUT2D eigenvalue weighted by Gasteiger charge is 2.16. The monoisotopic (exact) mass is 312 g/mol. The van der Waals surface area contributed by atoms with Crippen LogP contribution in [0.2, 0.25) is 0 Å². The first-order valence-electron chi connectivity index (χ1n) is 6.99. The molecule has 5 heteroatoms. The van der Waals surface area contributed by atoms with Gasteiger partial charge in [-0.05, 0) is 30.5 Å². The maximum absolute atomic E-state index is 12.2. The maximum atomic E-state index is 12.2. The number of carbonyl (C=O) groups excluding carboxylic acids is 1. The Hall–Kier alpha value is -2.40. The van der Waals surface area contributed by atoms with Crippen molar-refractivity contribution in [1.29, 1.82) is 0 Å². The summed E-state index contributed by atoms with van der Waals surface area (Å²) in [6.07, 6.45) is 3.11. The second-order valence-electron chi connectivity index (χ2n) is 4.99. The first-order chi connectivity index (χ1) is 10.6. The van der Waals surface area contributed by atoms with Gasteiger partial charge >= 0.3 is 0 Å². The van der Waals surface area contributed by atoms with E-state index in [1.165, 1.54) is 6.08 Å². The van der Waals surface area contributed by atoms with Gasteiger partial charge in [0, 0.05) is 24.1 Å². The molecule has 0 N–H and O–H groups in total. The van der Waals surface area contributed by atoms with Crippen molar-refractivity contribution in [2.45, 2.75) is 13.0 Å². The first kappa shape index (κ1) is 14.5. The molecule has 0 spiro atoms. The summed E-state index contributed by atoms with van der Waals surface area (Å²) in [5, 5.41) is 2.01. The number of thiophene rings is 1. The predicted molar refractivity (Wildman–Crippen MR) is 88.5 cm³/mol. The molecule has 2 aromatic heterocycles. The number of amides is 1.